The first-order chi connectivity index (χ1) is 14.8. The van der Waals surface area contributed by atoms with Crippen LogP contribution in [0.25, 0.3) is 5.69 Å². The molecule has 3 aliphatic carbocycles. The second kappa shape index (κ2) is 8.89. The Kier molecular flexibility index (Phi) is 6.03. The van der Waals surface area contributed by atoms with Gasteiger partial charge in [0.1, 0.15) is 23.1 Å². The summed E-state index contributed by atoms with van der Waals surface area (Å²) in [5, 5.41) is 0. The Morgan fingerprint density at radius 3 is 1.90 bits per heavy atom. The molecule has 3 fully saturated rings. The summed E-state index contributed by atoms with van der Waals surface area (Å²) < 4.78 is 5.70. The van der Waals surface area contributed by atoms with E-state index in [0.29, 0.717) is 0 Å². The average molecular weight is 406 g/mol. The van der Waals surface area contributed by atoms with Gasteiger partial charge >= 0.3 is 0 Å². The Bertz CT molecular complexity index is 859. The lowest BCUT2D eigenvalue weighted by Crippen LogP contribution is -2.47. The van der Waals surface area contributed by atoms with E-state index < -0.39 is 0 Å². The summed E-state index contributed by atoms with van der Waals surface area (Å²) in [6.45, 7) is 4.76. The number of aryl methyl sites for hydroxylation is 1. The van der Waals surface area contributed by atoms with Crippen molar-refractivity contribution in [3.05, 3.63) is 47.0 Å². The monoisotopic (exact) mass is 405 g/mol. The van der Waals surface area contributed by atoms with Gasteiger partial charge < -0.3 is 0 Å². The van der Waals surface area contributed by atoms with E-state index in [0.717, 1.165) is 17.9 Å². The zero-order valence-corrected chi connectivity index (χ0v) is 19.3. The van der Waals surface area contributed by atoms with E-state index in [2.05, 4.69) is 47.2 Å². The summed E-state index contributed by atoms with van der Waals surface area (Å²) in [5.74, 6) is 3.18. The van der Waals surface area contributed by atoms with Crippen LogP contribution in [0.4, 0.5) is 0 Å². The second-order valence-corrected chi connectivity index (χ2v) is 10.4. The van der Waals surface area contributed by atoms with Gasteiger partial charge in [-0.1, -0.05) is 56.7 Å². The Balaban J connectivity index is 1.75. The maximum atomic E-state index is 2.96. The van der Waals surface area contributed by atoms with Crippen molar-refractivity contribution in [2.24, 2.45) is 0 Å². The molecule has 0 amide bonds. The number of hydrogen-bond donors (Lipinski definition) is 0. The maximum Gasteiger partial charge on any atom is 0.265 e. The number of imidazole rings is 1. The van der Waals surface area contributed by atoms with E-state index in [9.17, 15) is 0 Å². The van der Waals surface area contributed by atoms with Gasteiger partial charge in [-0.3, -0.25) is 0 Å². The number of aromatic nitrogens is 2. The van der Waals surface area contributed by atoms with Gasteiger partial charge in [-0.15, -0.1) is 0 Å². The Morgan fingerprint density at radius 1 is 0.700 bits per heavy atom. The van der Waals surface area contributed by atoms with E-state index in [1.54, 1.807) is 17.2 Å². The highest BCUT2D eigenvalue weighted by Gasteiger charge is 2.41. The molecule has 1 aromatic heterocycles. The van der Waals surface area contributed by atoms with E-state index in [4.69, 9.17) is 0 Å². The van der Waals surface area contributed by atoms with Crippen LogP contribution in [0.2, 0.25) is 0 Å². The second-order valence-electron chi connectivity index (χ2n) is 10.4. The Hall–Kier alpha value is -1.57. The molecule has 162 valence electrons. The van der Waals surface area contributed by atoms with E-state index in [1.165, 1.54) is 101 Å². The van der Waals surface area contributed by atoms with Crippen molar-refractivity contribution >= 4 is 0 Å². The van der Waals surface area contributed by atoms with Crippen LogP contribution in [0.5, 0.6) is 0 Å². The summed E-state index contributed by atoms with van der Waals surface area (Å²) in [7, 11) is 0. The van der Waals surface area contributed by atoms with Crippen molar-refractivity contribution in [1.82, 2.24) is 4.57 Å². The van der Waals surface area contributed by atoms with Gasteiger partial charge in [-0.05, 0) is 69.9 Å². The fourth-order valence-corrected chi connectivity index (χ4v) is 6.96. The molecule has 0 radical (unpaired) electrons. The van der Waals surface area contributed by atoms with Gasteiger partial charge in [0, 0.05) is 12.8 Å². The van der Waals surface area contributed by atoms with Crippen LogP contribution >= 0.6 is 0 Å². The minimum Gasteiger partial charge on any atom is -0.228 e. The maximum absolute atomic E-state index is 2.96. The normalized spacial score (nSPS) is 22.1. The molecular weight excluding hydrogens is 364 g/mol. The minimum atomic E-state index is 0.731. The van der Waals surface area contributed by atoms with Crippen LogP contribution in [0.15, 0.2) is 24.3 Å². The number of benzene rings is 1. The van der Waals surface area contributed by atoms with Crippen molar-refractivity contribution in [3.63, 3.8) is 0 Å². The predicted octanol–water partition coefficient (Wildman–Crippen LogP) is 7.59. The SMILES string of the molecule is Cc1ccccc1-n1c(C)c(C2CCCCC2)[n+](C2CCCC2)c1C1CCCCC1. The molecule has 0 atom stereocenters. The van der Waals surface area contributed by atoms with Crippen molar-refractivity contribution in [2.75, 3.05) is 0 Å². The summed E-state index contributed by atoms with van der Waals surface area (Å²) in [5.41, 5.74) is 6.14. The van der Waals surface area contributed by atoms with Gasteiger partial charge in [0.2, 0.25) is 0 Å². The summed E-state index contributed by atoms with van der Waals surface area (Å²) in [6.07, 6.45) is 19.7. The molecule has 2 aromatic rings. The lowest BCUT2D eigenvalue weighted by atomic mass is 9.85. The number of rotatable bonds is 4. The van der Waals surface area contributed by atoms with Gasteiger partial charge in [0.05, 0.1) is 5.92 Å². The van der Waals surface area contributed by atoms with Crippen molar-refractivity contribution < 1.29 is 4.57 Å². The number of para-hydroxylation sites is 1. The molecule has 0 spiro atoms. The average Bonchev–Trinajstić information content (AvgIpc) is 3.41. The molecule has 30 heavy (non-hydrogen) atoms. The summed E-state index contributed by atoms with van der Waals surface area (Å²) in [4.78, 5) is 0. The largest absolute Gasteiger partial charge is 0.265 e. The third kappa shape index (κ3) is 3.65. The highest BCUT2D eigenvalue weighted by atomic mass is 15.2. The van der Waals surface area contributed by atoms with Crippen LogP contribution in [-0.4, -0.2) is 4.57 Å². The Labute approximate surface area is 183 Å². The van der Waals surface area contributed by atoms with Crippen LogP contribution in [0, 0.1) is 13.8 Å². The predicted molar refractivity (Wildman–Crippen MR) is 125 cm³/mol. The van der Waals surface area contributed by atoms with E-state index >= 15 is 0 Å². The molecule has 0 N–H and O–H groups in total. The first-order valence-electron chi connectivity index (χ1n) is 13.0. The van der Waals surface area contributed by atoms with E-state index in [1.807, 2.05) is 0 Å². The standard InChI is InChI=1S/C28H41N2/c1-21-13-9-12-20-26(21)29-22(2)27(23-14-5-3-6-15-23)30(25-18-10-11-19-25)28(29)24-16-7-4-8-17-24/h9,12-13,20,23-25H,3-8,10-11,14-19H2,1-2H3/q+1. The molecule has 0 unspecified atom stereocenters. The van der Waals surface area contributed by atoms with Gasteiger partial charge in [-0.2, -0.15) is 4.57 Å². The Morgan fingerprint density at radius 2 is 1.27 bits per heavy atom. The third-order valence-electron chi connectivity index (χ3n) is 8.45. The molecule has 3 aliphatic rings. The first kappa shape index (κ1) is 20.3. The van der Waals surface area contributed by atoms with E-state index in [-0.39, 0.29) is 0 Å². The molecule has 0 bridgehead atoms. The summed E-state index contributed by atoms with van der Waals surface area (Å²) >= 11 is 0. The fraction of sp³-hybridized carbons (Fsp3) is 0.679. The zero-order valence-electron chi connectivity index (χ0n) is 19.3. The third-order valence-corrected chi connectivity index (χ3v) is 8.45. The minimum absolute atomic E-state index is 0.731. The van der Waals surface area contributed by atoms with Crippen LogP contribution in [-0.2, 0) is 0 Å². The van der Waals surface area contributed by atoms with Crippen LogP contribution in [0.1, 0.15) is 131 Å². The highest BCUT2D eigenvalue weighted by Crippen LogP contribution is 2.41. The van der Waals surface area contributed by atoms with Crippen molar-refractivity contribution in [1.29, 1.82) is 0 Å². The van der Waals surface area contributed by atoms with Crippen LogP contribution in [0.3, 0.4) is 0 Å². The fourth-order valence-electron chi connectivity index (χ4n) is 6.96. The van der Waals surface area contributed by atoms with Crippen molar-refractivity contribution in [2.45, 2.75) is 122 Å². The quantitative estimate of drug-likeness (QED) is 0.463. The molecule has 1 heterocycles. The van der Waals surface area contributed by atoms with Crippen molar-refractivity contribution in [3.8, 4) is 5.69 Å². The molecular formula is C28H41N2+. The number of hydrogen-bond acceptors (Lipinski definition) is 0. The lowest BCUT2D eigenvalue weighted by molar-refractivity contribution is -0.737. The molecule has 2 nitrogen and oxygen atoms in total. The first-order valence-corrected chi connectivity index (χ1v) is 13.0. The molecule has 2 heteroatoms. The van der Waals surface area contributed by atoms with Gasteiger partial charge in [-0.25, -0.2) is 4.57 Å². The zero-order chi connectivity index (χ0) is 20.5. The molecule has 5 rings (SSSR count). The van der Waals surface area contributed by atoms with Gasteiger partial charge in [0.15, 0.2) is 0 Å². The smallest absolute Gasteiger partial charge is 0.228 e. The molecule has 3 saturated carbocycles. The molecule has 0 saturated heterocycles. The summed E-state index contributed by atoms with van der Waals surface area (Å²) in [6, 6.07) is 9.86. The topological polar surface area (TPSA) is 8.81 Å². The van der Waals surface area contributed by atoms with Gasteiger partial charge in [0.25, 0.3) is 5.82 Å². The number of nitrogens with zero attached hydrogens (tertiary/aromatic N) is 2. The van der Waals surface area contributed by atoms with Crippen LogP contribution < -0.4 is 4.57 Å². The lowest BCUT2D eigenvalue weighted by Gasteiger charge is -2.25. The molecule has 0 aliphatic heterocycles. The molecule has 1 aromatic carbocycles. The highest BCUT2D eigenvalue weighted by molar-refractivity contribution is 5.43.